The van der Waals surface area contributed by atoms with Crippen LogP contribution in [-0.4, -0.2) is 22.1 Å². The number of aromatic nitrogens is 2. The van der Waals surface area contributed by atoms with E-state index in [1.54, 1.807) is 18.3 Å². The second-order valence-corrected chi connectivity index (χ2v) is 5.78. The molecule has 2 N–H and O–H groups in total. The highest BCUT2D eigenvalue weighted by Gasteiger charge is 2.31. The number of hydrogen-bond donors (Lipinski definition) is 2. The number of anilines is 1. The Morgan fingerprint density at radius 2 is 1.92 bits per heavy atom. The maximum absolute atomic E-state index is 12.3. The first kappa shape index (κ1) is 15.1. The molecule has 6 nitrogen and oxygen atoms in total. The molecule has 0 saturated carbocycles. The molecule has 4 rings (SSSR count). The first-order valence-corrected chi connectivity index (χ1v) is 7.90. The van der Waals surface area contributed by atoms with E-state index in [0.717, 1.165) is 16.8 Å². The Morgan fingerprint density at radius 1 is 1.12 bits per heavy atom. The second kappa shape index (κ2) is 6.24. The summed E-state index contributed by atoms with van der Waals surface area (Å²) in [5.74, 6) is -0.582. The fraction of sp³-hybridized carbons (Fsp3) is 0.105. The van der Waals surface area contributed by atoms with Crippen LogP contribution < -0.4 is 5.32 Å². The molecule has 0 spiro atoms. The standard InChI is InChI=1S/C19H15N3O3/c23-18(11-17-14-3-1-2-4-15(14)19(24)25-17)21-13-7-5-12(6-8-13)16-9-10-20-22-16/h1-10,17H,11H2,(H,20,22)(H,21,23)/t17-/m1/s1. The van der Waals surface area contributed by atoms with E-state index in [9.17, 15) is 9.59 Å². The highest BCUT2D eigenvalue weighted by molar-refractivity contribution is 5.96. The van der Waals surface area contributed by atoms with Crippen molar-refractivity contribution in [1.82, 2.24) is 10.2 Å². The predicted molar refractivity (Wildman–Crippen MR) is 91.9 cm³/mol. The van der Waals surface area contributed by atoms with Gasteiger partial charge in [0.1, 0.15) is 6.10 Å². The Balaban J connectivity index is 1.42. The maximum atomic E-state index is 12.3. The van der Waals surface area contributed by atoms with Gasteiger partial charge in [0.05, 0.1) is 17.7 Å². The molecule has 0 fully saturated rings. The summed E-state index contributed by atoms with van der Waals surface area (Å²) in [7, 11) is 0. The van der Waals surface area contributed by atoms with Crippen LogP contribution in [0, 0.1) is 0 Å². The zero-order valence-corrected chi connectivity index (χ0v) is 13.2. The summed E-state index contributed by atoms with van der Waals surface area (Å²) in [5, 5.41) is 9.64. The summed E-state index contributed by atoms with van der Waals surface area (Å²) >= 11 is 0. The van der Waals surface area contributed by atoms with Crippen LogP contribution in [0.3, 0.4) is 0 Å². The quantitative estimate of drug-likeness (QED) is 0.717. The average molecular weight is 333 g/mol. The first-order valence-electron chi connectivity index (χ1n) is 7.90. The van der Waals surface area contributed by atoms with E-state index < -0.39 is 6.10 Å². The van der Waals surface area contributed by atoms with Gasteiger partial charge in [-0.3, -0.25) is 9.89 Å². The number of esters is 1. The fourth-order valence-corrected chi connectivity index (χ4v) is 2.90. The lowest BCUT2D eigenvalue weighted by Gasteiger charge is -2.11. The third-order valence-electron chi connectivity index (χ3n) is 4.13. The number of rotatable bonds is 4. The maximum Gasteiger partial charge on any atom is 0.339 e. The molecule has 1 aromatic heterocycles. The number of aromatic amines is 1. The monoisotopic (exact) mass is 333 g/mol. The van der Waals surface area contributed by atoms with Crippen LogP contribution in [0.5, 0.6) is 0 Å². The lowest BCUT2D eigenvalue weighted by molar-refractivity contribution is -0.118. The van der Waals surface area contributed by atoms with Gasteiger partial charge in [0.2, 0.25) is 5.91 Å². The molecule has 0 unspecified atom stereocenters. The number of H-pyrrole nitrogens is 1. The number of fused-ring (bicyclic) bond motifs is 1. The van der Waals surface area contributed by atoms with Crippen LogP contribution in [0.4, 0.5) is 5.69 Å². The van der Waals surface area contributed by atoms with Crippen LogP contribution >= 0.6 is 0 Å². The van der Waals surface area contributed by atoms with Crippen molar-refractivity contribution < 1.29 is 14.3 Å². The molecule has 0 aliphatic carbocycles. The Hall–Kier alpha value is -3.41. The number of hydrogen-bond acceptors (Lipinski definition) is 4. The van der Waals surface area contributed by atoms with Gasteiger partial charge in [-0.15, -0.1) is 0 Å². The SMILES string of the molecule is O=C(C[C@H]1OC(=O)c2ccccc21)Nc1ccc(-c2ccn[nH]2)cc1. The molecule has 2 aromatic carbocycles. The molecule has 0 saturated heterocycles. The molecule has 124 valence electrons. The molecular formula is C19H15N3O3. The fourth-order valence-electron chi connectivity index (χ4n) is 2.90. The number of ether oxygens (including phenoxy) is 1. The topological polar surface area (TPSA) is 84.1 Å². The average Bonchev–Trinajstić information content (AvgIpc) is 3.25. The molecule has 1 aliphatic heterocycles. The summed E-state index contributed by atoms with van der Waals surface area (Å²) in [6.07, 6.45) is 1.24. The van der Waals surface area contributed by atoms with E-state index in [4.69, 9.17) is 4.74 Å². The van der Waals surface area contributed by atoms with E-state index >= 15 is 0 Å². The van der Waals surface area contributed by atoms with Crippen molar-refractivity contribution in [2.24, 2.45) is 0 Å². The summed E-state index contributed by atoms with van der Waals surface area (Å²) in [6, 6.07) is 16.5. The Labute approximate surface area is 143 Å². The van der Waals surface area contributed by atoms with Gasteiger partial charge in [-0.2, -0.15) is 5.10 Å². The van der Waals surface area contributed by atoms with Crippen molar-refractivity contribution in [3.8, 4) is 11.3 Å². The molecule has 1 amide bonds. The molecule has 0 bridgehead atoms. The number of benzene rings is 2. The third-order valence-corrected chi connectivity index (χ3v) is 4.13. The summed E-state index contributed by atoms with van der Waals surface area (Å²) < 4.78 is 5.30. The smallest absolute Gasteiger partial charge is 0.339 e. The zero-order valence-electron chi connectivity index (χ0n) is 13.2. The minimum absolute atomic E-state index is 0.0883. The van der Waals surface area contributed by atoms with Gasteiger partial charge in [-0.1, -0.05) is 30.3 Å². The van der Waals surface area contributed by atoms with E-state index in [0.29, 0.717) is 11.3 Å². The number of carbonyl (C=O) groups is 2. The normalized spacial score (nSPS) is 15.5. The van der Waals surface area contributed by atoms with Gasteiger partial charge in [0.15, 0.2) is 0 Å². The molecular weight excluding hydrogens is 318 g/mol. The Bertz CT molecular complexity index is 917. The summed E-state index contributed by atoms with van der Waals surface area (Å²) in [6.45, 7) is 0. The highest BCUT2D eigenvalue weighted by atomic mass is 16.5. The molecule has 3 aromatic rings. The van der Waals surface area contributed by atoms with Gasteiger partial charge in [-0.25, -0.2) is 4.79 Å². The van der Waals surface area contributed by atoms with Crippen LogP contribution in [-0.2, 0) is 9.53 Å². The van der Waals surface area contributed by atoms with E-state index in [2.05, 4.69) is 15.5 Å². The Kier molecular flexibility index (Phi) is 3.78. The van der Waals surface area contributed by atoms with Crippen LogP contribution in [0.15, 0.2) is 60.8 Å². The predicted octanol–water partition coefficient (Wildman–Crippen LogP) is 3.32. The molecule has 2 heterocycles. The van der Waals surface area contributed by atoms with Crippen molar-refractivity contribution in [3.63, 3.8) is 0 Å². The minimum Gasteiger partial charge on any atom is -0.453 e. The summed E-state index contributed by atoms with van der Waals surface area (Å²) in [4.78, 5) is 24.1. The molecule has 25 heavy (non-hydrogen) atoms. The van der Waals surface area contributed by atoms with Gasteiger partial charge < -0.3 is 10.1 Å². The van der Waals surface area contributed by atoms with Crippen LogP contribution in [0.25, 0.3) is 11.3 Å². The highest BCUT2D eigenvalue weighted by Crippen LogP contribution is 2.33. The van der Waals surface area contributed by atoms with Crippen molar-refractivity contribution in [3.05, 3.63) is 71.9 Å². The van der Waals surface area contributed by atoms with Crippen LogP contribution in [0.2, 0.25) is 0 Å². The zero-order chi connectivity index (χ0) is 17.2. The number of nitrogens with zero attached hydrogens (tertiary/aromatic N) is 1. The van der Waals surface area contributed by atoms with Crippen molar-refractivity contribution in [1.29, 1.82) is 0 Å². The molecule has 0 radical (unpaired) electrons. The number of cyclic esters (lactones) is 1. The van der Waals surface area contributed by atoms with E-state index in [1.807, 2.05) is 42.5 Å². The van der Waals surface area contributed by atoms with Gasteiger partial charge in [-0.05, 0) is 29.8 Å². The molecule has 1 atom stereocenters. The largest absolute Gasteiger partial charge is 0.453 e. The second-order valence-electron chi connectivity index (χ2n) is 5.78. The first-order chi connectivity index (χ1) is 12.2. The van der Waals surface area contributed by atoms with E-state index in [-0.39, 0.29) is 18.3 Å². The van der Waals surface area contributed by atoms with Gasteiger partial charge in [0, 0.05) is 17.4 Å². The number of carbonyl (C=O) groups excluding carboxylic acids is 2. The number of nitrogens with one attached hydrogen (secondary N) is 2. The minimum atomic E-state index is -0.534. The van der Waals surface area contributed by atoms with Crippen molar-refractivity contribution >= 4 is 17.6 Å². The molecule has 1 aliphatic rings. The number of amides is 1. The Morgan fingerprint density at radius 3 is 2.68 bits per heavy atom. The van der Waals surface area contributed by atoms with Gasteiger partial charge >= 0.3 is 5.97 Å². The molecule has 6 heteroatoms. The lowest BCUT2D eigenvalue weighted by Crippen LogP contribution is -2.15. The summed E-state index contributed by atoms with van der Waals surface area (Å²) in [5.41, 5.74) is 3.87. The van der Waals surface area contributed by atoms with Crippen LogP contribution in [0.1, 0.15) is 28.4 Å². The lowest BCUT2D eigenvalue weighted by atomic mass is 10.0. The van der Waals surface area contributed by atoms with Crippen molar-refractivity contribution in [2.75, 3.05) is 5.32 Å². The van der Waals surface area contributed by atoms with Gasteiger partial charge in [0.25, 0.3) is 0 Å². The third kappa shape index (κ3) is 3.01. The van der Waals surface area contributed by atoms with E-state index in [1.165, 1.54) is 0 Å². The van der Waals surface area contributed by atoms with Crippen molar-refractivity contribution in [2.45, 2.75) is 12.5 Å².